The van der Waals surface area contributed by atoms with Crippen molar-refractivity contribution in [3.8, 4) is 5.75 Å². The van der Waals surface area contributed by atoms with Crippen LogP contribution in [-0.4, -0.2) is 36.0 Å². The molecule has 1 amide bonds. The molecule has 1 saturated heterocycles. The van der Waals surface area contributed by atoms with Crippen molar-refractivity contribution in [1.29, 1.82) is 0 Å². The van der Waals surface area contributed by atoms with Crippen LogP contribution in [0.25, 0.3) is 10.9 Å². The minimum Gasteiger partial charge on any atom is -0.497 e. The molecule has 1 aliphatic carbocycles. The number of benzene rings is 1. The van der Waals surface area contributed by atoms with E-state index >= 15 is 0 Å². The van der Waals surface area contributed by atoms with Gasteiger partial charge in [-0.3, -0.25) is 4.79 Å². The molecule has 0 radical (unpaired) electrons. The normalized spacial score (nSPS) is 24.0. The van der Waals surface area contributed by atoms with Crippen molar-refractivity contribution in [3.05, 3.63) is 28.9 Å². The van der Waals surface area contributed by atoms with Crippen molar-refractivity contribution < 1.29 is 9.53 Å². The van der Waals surface area contributed by atoms with Crippen LogP contribution in [0.2, 0.25) is 5.02 Å². The Morgan fingerprint density at radius 2 is 2.00 bits per heavy atom. The van der Waals surface area contributed by atoms with Gasteiger partial charge in [0.25, 0.3) is 5.91 Å². The summed E-state index contributed by atoms with van der Waals surface area (Å²) in [5.41, 5.74) is 1.41. The quantitative estimate of drug-likeness (QED) is 0.917. The molecule has 1 aromatic heterocycles. The summed E-state index contributed by atoms with van der Waals surface area (Å²) in [4.78, 5) is 17.9. The molecule has 0 unspecified atom stereocenters. The fourth-order valence-electron chi connectivity index (χ4n) is 3.98. The van der Waals surface area contributed by atoms with Crippen molar-refractivity contribution in [3.63, 3.8) is 0 Å². The van der Waals surface area contributed by atoms with E-state index in [-0.39, 0.29) is 5.91 Å². The highest BCUT2D eigenvalue weighted by molar-refractivity contribution is 6.35. The lowest BCUT2D eigenvalue weighted by molar-refractivity contribution is 0.0776. The van der Waals surface area contributed by atoms with E-state index in [9.17, 15) is 4.79 Å². The number of hydrogen-bond acceptors (Lipinski definition) is 2. The Balaban J connectivity index is 1.63. The Hall–Kier alpha value is -1.68. The highest BCUT2D eigenvalue weighted by atomic mass is 35.5. The van der Waals surface area contributed by atoms with E-state index in [0.717, 1.165) is 24.0 Å². The van der Waals surface area contributed by atoms with Gasteiger partial charge in [-0.05, 0) is 36.8 Å². The van der Waals surface area contributed by atoms with Crippen LogP contribution in [0.4, 0.5) is 0 Å². The Kier molecular flexibility index (Phi) is 3.30. The summed E-state index contributed by atoms with van der Waals surface area (Å²) in [7, 11) is 1.61. The summed E-state index contributed by atoms with van der Waals surface area (Å²) >= 11 is 6.26. The molecule has 1 aliphatic heterocycles. The second-order valence-corrected chi connectivity index (χ2v) is 6.82. The molecule has 1 saturated carbocycles. The number of methoxy groups -OCH3 is 1. The SMILES string of the molecule is COc1cc(Cl)c2[nH]c(C(=O)N3C[C@H]4CCC[C@H]4C3)cc2c1. The molecule has 22 heavy (non-hydrogen) atoms. The number of hydrogen-bond donors (Lipinski definition) is 1. The minimum atomic E-state index is 0.0839. The van der Waals surface area contributed by atoms with E-state index in [1.807, 2.05) is 17.0 Å². The number of aromatic nitrogens is 1. The minimum absolute atomic E-state index is 0.0839. The van der Waals surface area contributed by atoms with Gasteiger partial charge in [0.05, 0.1) is 17.6 Å². The van der Waals surface area contributed by atoms with Crippen LogP contribution in [0.5, 0.6) is 5.75 Å². The zero-order chi connectivity index (χ0) is 15.3. The van der Waals surface area contributed by atoms with Crippen molar-refractivity contribution in [2.75, 3.05) is 20.2 Å². The number of halogens is 1. The number of likely N-dealkylation sites (tertiary alicyclic amines) is 1. The monoisotopic (exact) mass is 318 g/mol. The standard InChI is InChI=1S/C17H19ClN2O2/c1-22-13-5-12-6-15(19-16(12)14(18)7-13)17(21)20-8-10-3-2-4-11(10)9-20/h5-7,10-11,19H,2-4,8-9H2,1H3/t10-,11+. The van der Waals surface area contributed by atoms with Gasteiger partial charge in [0.15, 0.2) is 0 Å². The van der Waals surface area contributed by atoms with Crippen LogP contribution < -0.4 is 4.74 Å². The topological polar surface area (TPSA) is 45.3 Å². The number of nitrogens with one attached hydrogen (secondary N) is 1. The third kappa shape index (κ3) is 2.17. The Morgan fingerprint density at radius 3 is 2.68 bits per heavy atom. The fraction of sp³-hybridized carbons (Fsp3) is 0.471. The van der Waals surface area contributed by atoms with Crippen molar-refractivity contribution in [2.45, 2.75) is 19.3 Å². The Morgan fingerprint density at radius 1 is 1.27 bits per heavy atom. The average Bonchev–Trinajstić information content (AvgIpc) is 3.19. The van der Waals surface area contributed by atoms with Crippen LogP contribution in [-0.2, 0) is 0 Å². The number of carbonyl (C=O) groups excluding carboxylic acids is 1. The summed E-state index contributed by atoms with van der Waals surface area (Å²) in [6, 6.07) is 5.53. The van der Waals surface area contributed by atoms with Gasteiger partial charge in [-0.1, -0.05) is 18.0 Å². The first kappa shape index (κ1) is 13.9. The van der Waals surface area contributed by atoms with Gasteiger partial charge in [-0.2, -0.15) is 0 Å². The number of fused-ring (bicyclic) bond motifs is 2. The highest BCUT2D eigenvalue weighted by Crippen LogP contribution is 2.38. The summed E-state index contributed by atoms with van der Waals surface area (Å²) < 4.78 is 5.23. The summed E-state index contributed by atoms with van der Waals surface area (Å²) in [6.45, 7) is 1.80. The Labute approximate surface area is 134 Å². The van der Waals surface area contributed by atoms with Crippen LogP contribution in [0, 0.1) is 11.8 Å². The molecule has 2 fully saturated rings. The first-order chi connectivity index (χ1) is 10.7. The second kappa shape index (κ2) is 5.20. The van der Waals surface area contributed by atoms with Gasteiger partial charge in [0.1, 0.15) is 11.4 Å². The molecule has 2 heterocycles. The van der Waals surface area contributed by atoms with E-state index in [0.29, 0.717) is 28.3 Å². The molecule has 2 atom stereocenters. The molecule has 0 spiro atoms. The smallest absolute Gasteiger partial charge is 0.270 e. The van der Waals surface area contributed by atoms with Crippen molar-refractivity contribution in [1.82, 2.24) is 9.88 Å². The number of nitrogens with zero attached hydrogens (tertiary/aromatic N) is 1. The van der Waals surface area contributed by atoms with Crippen molar-refractivity contribution >= 4 is 28.4 Å². The number of amides is 1. The zero-order valence-corrected chi connectivity index (χ0v) is 13.3. The zero-order valence-electron chi connectivity index (χ0n) is 12.6. The molecule has 5 heteroatoms. The van der Waals surface area contributed by atoms with Gasteiger partial charge >= 0.3 is 0 Å². The highest BCUT2D eigenvalue weighted by Gasteiger charge is 2.38. The predicted molar refractivity (Wildman–Crippen MR) is 86.6 cm³/mol. The molecule has 116 valence electrons. The predicted octanol–water partition coefficient (Wildman–Crippen LogP) is 3.70. The molecule has 4 rings (SSSR count). The molecular weight excluding hydrogens is 300 g/mol. The number of rotatable bonds is 2. The molecular formula is C17H19ClN2O2. The molecule has 0 bridgehead atoms. The number of carbonyl (C=O) groups is 1. The van der Waals surface area contributed by atoms with Gasteiger partial charge in [-0.15, -0.1) is 0 Å². The van der Waals surface area contributed by atoms with E-state index in [1.54, 1.807) is 13.2 Å². The Bertz CT molecular complexity index is 728. The number of H-pyrrole nitrogens is 1. The van der Waals surface area contributed by atoms with Crippen LogP contribution >= 0.6 is 11.6 Å². The van der Waals surface area contributed by atoms with E-state index in [1.165, 1.54) is 19.3 Å². The van der Waals surface area contributed by atoms with Crippen LogP contribution in [0.3, 0.4) is 0 Å². The summed E-state index contributed by atoms with van der Waals surface area (Å²) in [5, 5.41) is 1.48. The maximum absolute atomic E-state index is 12.7. The van der Waals surface area contributed by atoms with Gasteiger partial charge < -0.3 is 14.6 Å². The molecule has 2 aromatic rings. The first-order valence-corrected chi connectivity index (χ1v) is 8.19. The van der Waals surface area contributed by atoms with Gasteiger partial charge in [0.2, 0.25) is 0 Å². The molecule has 1 aromatic carbocycles. The fourth-order valence-corrected chi connectivity index (χ4v) is 4.24. The van der Waals surface area contributed by atoms with E-state index < -0.39 is 0 Å². The summed E-state index contributed by atoms with van der Waals surface area (Å²) in [5.74, 6) is 2.20. The molecule has 2 aliphatic rings. The van der Waals surface area contributed by atoms with Crippen molar-refractivity contribution in [2.24, 2.45) is 11.8 Å². The summed E-state index contributed by atoms with van der Waals surface area (Å²) in [6.07, 6.45) is 3.85. The first-order valence-electron chi connectivity index (χ1n) is 7.81. The lowest BCUT2D eigenvalue weighted by Crippen LogP contribution is -2.29. The number of aromatic amines is 1. The lowest BCUT2D eigenvalue weighted by atomic mass is 10.0. The van der Waals surface area contributed by atoms with Crippen LogP contribution in [0.15, 0.2) is 18.2 Å². The third-order valence-electron chi connectivity index (χ3n) is 5.13. The third-order valence-corrected chi connectivity index (χ3v) is 5.43. The van der Waals surface area contributed by atoms with E-state index in [4.69, 9.17) is 16.3 Å². The average molecular weight is 319 g/mol. The maximum Gasteiger partial charge on any atom is 0.270 e. The van der Waals surface area contributed by atoms with Gasteiger partial charge in [-0.25, -0.2) is 0 Å². The number of ether oxygens (including phenoxy) is 1. The lowest BCUT2D eigenvalue weighted by Gasteiger charge is -2.16. The van der Waals surface area contributed by atoms with Crippen LogP contribution in [0.1, 0.15) is 29.8 Å². The van der Waals surface area contributed by atoms with Gasteiger partial charge in [0, 0.05) is 24.5 Å². The largest absolute Gasteiger partial charge is 0.497 e. The molecule has 4 nitrogen and oxygen atoms in total. The molecule has 1 N–H and O–H groups in total. The second-order valence-electron chi connectivity index (χ2n) is 6.42. The van der Waals surface area contributed by atoms with E-state index in [2.05, 4.69) is 4.98 Å². The maximum atomic E-state index is 12.7.